The molecule has 1 aliphatic rings. The van der Waals surface area contributed by atoms with Crippen LogP contribution in [0.5, 0.6) is 0 Å². The Hall–Kier alpha value is -4.92. The van der Waals surface area contributed by atoms with Crippen LogP contribution in [0, 0.1) is 0 Å². The average molecular weight is 552 g/mol. The molecule has 2 atom stereocenters. The Morgan fingerprint density at radius 2 is 1.68 bits per heavy atom. The Labute approximate surface area is 238 Å². The fraction of sp³-hybridized carbons (Fsp3) is 0.250. The predicted octanol–water partition coefficient (Wildman–Crippen LogP) is 3.96. The first-order valence-electron chi connectivity index (χ1n) is 13.7. The molecule has 0 spiro atoms. The molecule has 4 N–H and O–H groups in total. The number of nitrogens with two attached hydrogens (primary N) is 1. The van der Waals surface area contributed by atoms with E-state index in [1.165, 1.54) is 0 Å². The Morgan fingerprint density at radius 3 is 2.44 bits per heavy atom. The quantitative estimate of drug-likeness (QED) is 0.289. The minimum Gasteiger partial charge on any atom is -0.445 e. The van der Waals surface area contributed by atoms with E-state index < -0.39 is 18.2 Å². The molecule has 5 rings (SSSR count). The van der Waals surface area contributed by atoms with Crippen LogP contribution >= 0.6 is 0 Å². The van der Waals surface area contributed by atoms with Gasteiger partial charge in [0, 0.05) is 31.1 Å². The second-order valence-corrected chi connectivity index (χ2v) is 10.1. The highest BCUT2D eigenvalue weighted by Gasteiger charge is 2.37. The summed E-state index contributed by atoms with van der Waals surface area (Å²) in [6.45, 7) is 0.810. The molecule has 2 unspecified atom stereocenters. The van der Waals surface area contributed by atoms with Crippen molar-refractivity contribution in [2.45, 2.75) is 44.5 Å². The van der Waals surface area contributed by atoms with Crippen molar-refractivity contribution in [3.05, 3.63) is 108 Å². The first-order valence-corrected chi connectivity index (χ1v) is 13.7. The van der Waals surface area contributed by atoms with Gasteiger partial charge in [0.05, 0.1) is 0 Å². The third kappa shape index (κ3) is 7.00. The molecule has 0 saturated carbocycles. The number of benzene rings is 3. The zero-order valence-electron chi connectivity index (χ0n) is 22.7. The number of nitrogens with zero attached hydrogens (tertiary/aromatic N) is 2. The molecule has 3 aromatic carbocycles. The van der Waals surface area contributed by atoms with Crippen molar-refractivity contribution in [1.29, 1.82) is 0 Å². The van der Waals surface area contributed by atoms with Crippen LogP contribution in [0.1, 0.15) is 29.5 Å². The average Bonchev–Trinajstić information content (AvgIpc) is 3.50. The van der Waals surface area contributed by atoms with Crippen LogP contribution in [0.3, 0.4) is 0 Å². The molecular formula is C32H33N5O4. The van der Waals surface area contributed by atoms with Gasteiger partial charge in [-0.05, 0) is 47.1 Å². The van der Waals surface area contributed by atoms with Gasteiger partial charge in [0.2, 0.25) is 11.8 Å². The fourth-order valence-corrected chi connectivity index (χ4v) is 5.12. The second-order valence-electron chi connectivity index (χ2n) is 10.1. The van der Waals surface area contributed by atoms with Crippen LogP contribution in [-0.4, -0.2) is 46.4 Å². The summed E-state index contributed by atoms with van der Waals surface area (Å²) in [6.07, 6.45) is 2.49. The lowest BCUT2D eigenvalue weighted by molar-refractivity contribution is -0.140. The lowest BCUT2D eigenvalue weighted by Gasteiger charge is -2.28. The van der Waals surface area contributed by atoms with E-state index in [9.17, 15) is 14.4 Å². The van der Waals surface area contributed by atoms with Crippen molar-refractivity contribution in [1.82, 2.24) is 20.5 Å². The van der Waals surface area contributed by atoms with Gasteiger partial charge in [-0.25, -0.2) is 9.78 Å². The summed E-state index contributed by atoms with van der Waals surface area (Å²) in [4.78, 5) is 45.5. The molecule has 1 aliphatic heterocycles. The third-order valence-corrected chi connectivity index (χ3v) is 7.25. The van der Waals surface area contributed by atoms with Gasteiger partial charge < -0.3 is 26.0 Å². The van der Waals surface area contributed by atoms with Crippen LogP contribution in [0.4, 0.5) is 10.6 Å². The van der Waals surface area contributed by atoms with E-state index in [1.54, 1.807) is 11.1 Å². The van der Waals surface area contributed by atoms with E-state index >= 15 is 0 Å². The number of hydrogen-bond donors (Lipinski definition) is 3. The third-order valence-electron chi connectivity index (χ3n) is 7.25. The monoisotopic (exact) mass is 551 g/mol. The first kappa shape index (κ1) is 27.6. The highest BCUT2D eigenvalue weighted by molar-refractivity contribution is 5.93. The first-order chi connectivity index (χ1) is 20.0. The van der Waals surface area contributed by atoms with E-state index in [1.807, 2.05) is 84.9 Å². The Kier molecular flexibility index (Phi) is 8.73. The van der Waals surface area contributed by atoms with Gasteiger partial charge in [0.15, 0.2) is 0 Å². The molecule has 1 fully saturated rings. The van der Waals surface area contributed by atoms with Crippen LogP contribution < -0.4 is 16.4 Å². The number of fused-ring (bicyclic) bond motifs is 1. The van der Waals surface area contributed by atoms with E-state index in [2.05, 4.69) is 15.6 Å². The number of ether oxygens (including phenoxy) is 1. The van der Waals surface area contributed by atoms with Gasteiger partial charge in [-0.15, -0.1) is 0 Å². The molecule has 1 aromatic heterocycles. The minimum atomic E-state index is -0.884. The van der Waals surface area contributed by atoms with Crippen molar-refractivity contribution in [2.75, 3.05) is 12.3 Å². The van der Waals surface area contributed by atoms with Crippen LogP contribution in [0.2, 0.25) is 0 Å². The molecule has 1 saturated heterocycles. The maximum Gasteiger partial charge on any atom is 0.408 e. The molecule has 9 nitrogen and oxygen atoms in total. The Bertz CT molecular complexity index is 1510. The maximum atomic E-state index is 13.8. The number of amides is 3. The standard InChI is InChI=1S/C32H33N5O4/c33-29-26-18-24(13-14-25(26)15-16-34-29)20-35-30(38)28-12-7-17-37(28)31(39)27(19-22-8-3-1-4-9-22)36-32(40)41-21-23-10-5-2-6-11-23/h1-6,8-11,13-16,18,27-28H,7,12,17,19-21H2,(H2,33,34)(H,35,38)(H,36,40). The summed E-state index contributed by atoms with van der Waals surface area (Å²) in [6, 6.07) is 24.9. The molecule has 0 radical (unpaired) electrons. The SMILES string of the molecule is Nc1nccc2ccc(CNC(=O)C3CCCN3C(=O)C(Cc3ccccc3)NC(=O)OCc3ccccc3)cc12. The van der Waals surface area contributed by atoms with Crippen LogP contribution in [0.15, 0.2) is 91.1 Å². The smallest absolute Gasteiger partial charge is 0.408 e. The highest BCUT2D eigenvalue weighted by atomic mass is 16.5. The topological polar surface area (TPSA) is 127 Å². The number of carbonyl (C=O) groups is 3. The summed E-state index contributed by atoms with van der Waals surface area (Å²) in [7, 11) is 0. The largest absolute Gasteiger partial charge is 0.445 e. The second kappa shape index (κ2) is 13.0. The van der Waals surface area contributed by atoms with Crippen LogP contribution in [-0.2, 0) is 33.9 Å². The van der Waals surface area contributed by atoms with Gasteiger partial charge in [-0.2, -0.15) is 0 Å². The molecule has 210 valence electrons. The van der Waals surface area contributed by atoms with Gasteiger partial charge in [-0.1, -0.05) is 72.8 Å². The molecule has 0 aliphatic carbocycles. The summed E-state index contributed by atoms with van der Waals surface area (Å²) in [5.74, 6) is -0.115. The maximum absolute atomic E-state index is 13.8. The predicted molar refractivity (Wildman–Crippen MR) is 156 cm³/mol. The molecule has 3 amide bonds. The summed E-state index contributed by atoms with van der Waals surface area (Å²) in [5.41, 5.74) is 8.63. The number of likely N-dealkylation sites (tertiary alicyclic amines) is 1. The molecule has 41 heavy (non-hydrogen) atoms. The normalized spacial score (nSPS) is 15.3. The van der Waals surface area contributed by atoms with Gasteiger partial charge in [0.25, 0.3) is 0 Å². The van der Waals surface area contributed by atoms with E-state index in [0.717, 1.165) is 27.5 Å². The van der Waals surface area contributed by atoms with Crippen molar-refractivity contribution in [2.24, 2.45) is 0 Å². The number of rotatable bonds is 9. The summed E-state index contributed by atoms with van der Waals surface area (Å²) >= 11 is 0. The van der Waals surface area contributed by atoms with Crippen molar-refractivity contribution in [3.63, 3.8) is 0 Å². The Balaban J connectivity index is 1.25. The molecule has 9 heteroatoms. The number of alkyl carbamates (subject to hydrolysis) is 1. The number of nitrogen functional groups attached to an aromatic ring is 1. The molecule has 2 heterocycles. The van der Waals surface area contributed by atoms with Gasteiger partial charge in [-0.3, -0.25) is 9.59 Å². The molecule has 4 aromatic rings. The zero-order chi connectivity index (χ0) is 28.6. The van der Waals surface area contributed by atoms with Crippen molar-refractivity contribution in [3.8, 4) is 0 Å². The number of hydrogen-bond acceptors (Lipinski definition) is 6. The number of pyridine rings is 1. The van der Waals surface area contributed by atoms with Gasteiger partial charge >= 0.3 is 6.09 Å². The fourth-order valence-electron chi connectivity index (χ4n) is 5.12. The molecule has 0 bridgehead atoms. The zero-order valence-corrected chi connectivity index (χ0v) is 22.7. The van der Waals surface area contributed by atoms with Crippen molar-refractivity contribution >= 4 is 34.5 Å². The number of carbonyl (C=O) groups excluding carboxylic acids is 3. The van der Waals surface area contributed by atoms with E-state index in [4.69, 9.17) is 10.5 Å². The van der Waals surface area contributed by atoms with Crippen LogP contribution in [0.25, 0.3) is 10.8 Å². The van der Waals surface area contributed by atoms with Gasteiger partial charge in [0.1, 0.15) is 24.5 Å². The Morgan fingerprint density at radius 1 is 0.951 bits per heavy atom. The lowest BCUT2D eigenvalue weighted by atomic mass is 10.0. The number of anilines is 1. The minimum absolute atomic E-state index is 0.0875. The highest BCUT2D eigenvalue weighted by Crippen LogP contribution is 2.22. The molecular weight excluding hydrogens is 518 g/mol. The van der Waals surface area contributed by atoms with Crippen molar-refractivity contribution < 1.29 is 19.1 Å². The van der Waals surface area contributed by atoms with E-state index in [0.29, 0.717) is 31.7 Å². The number of nitrogens with one attached hydrogen (secondary N) is 2. The van der Waals surface area contributed by atoms with E-state index in [-0.39, 0.29) is 24.8 Å². The lowest BCUT2D eigenvalue weighted by Crippen LogP contribution is -2.54. The summed E-state index contributed by atoms with van der Waals surface area (Å²) < 4.78 is 5.40. The summed E-state index contributed by atoms with van der Waals surface area (Å²) in [5, 5.41) is 7.52. The number of aromatic nitrogens is 1.